The van der Waals surface area contributed by atoms with Crippen LogP contribution in [0.3, 0.4) is 0 Å². The zero-order valence-electron chi connectivity index (χ0n) is 11.4. The molecule has 0 aliphatic carbocycles. The highest BCUT2D eigenvalue weighted by Crippen LogP contribution is 2.17. The number of nitrogens with two attached hydrogens (primary N) is 1. The van der Waals surface area contributed by atoms with Gasteiger partial charge in [0, 0.05) is 6.04 Å². The average Bonchev–Trinajstić information content (AvgIpc) is 2.25. The molecule has 0 radical (unpaired) electrons. The Bertz CT molecular complexity index is 680. The van der Waals surface area contributed by atoms with E-state index < -0.39 is 10.2 Å². The van der Waals surface area contributed by atoms with E-state index in [1.54, 1.807) is 18.2 Å². The zero-order chi connectivity index (χ0) is 14.9. The van der Waals surface area contributed by atoms with Crippen molar-refractivity contribution in [1.82, 2.24) is 4.90 Å². The summed E-state index contributed by atoms with van der Waals surface area (Å²) in [5.74, 6) is 0.331. The first-order chi connectivity index (χ1) is 9.28. The summed E-state index contributed by atoms with van der Waals surface area (Å²) in [6, 6.07) is 6.95. The summed E-state index contributed by atoms with van der Waals surface area (Å²) in [4.78, 5) is 1.42. The monoisotopic (exact) mass is 296 g/mol. The van der Waals surface area contributed by atoms with Gasteiger partial charge in [-0.15, -0.1) is 4.40 Å². The molecule has 0 amide bonds. The predicted molar refractivity (Wildman–Crippen MR) is 76.8 cm³/mol. The van der Waals surface area contributed by atoms with E-state index in [1.807, 2.05) is 26.8 Å². The average molecular weight is 296 g/mol. The van der Waals surface area contributed by atoms with Crippen molar-refractivity contribution in [2.45, 2.75) is 26.8 Å². The molecule has 2 rings (SSSR count). The lowest BCUT2D eigenvalue weighted by molar-refractivity contribution is 0.389. The fraction of sp³-hybridized carbons (Fsp3) is 0.333. The van der Waals surface area contributed by atoms with Gasteiger partial charge >= 0.3 is 16.2 Å². The Kier molecular flexibility index (Phi) is 3.67. The van der Waals surface area contributed by atoms with Gasteiger partial charge in [0.05, 0.1) is 0 Å². The van der Waals surface area contributed by atoms with Gasteiger partial charge in [0.2, 0.25) is 5.96 Å². The number of aryl methyl sites for hydroxylation is 1. The molecule has 2 N–H and O–H groups in total. The molecular weight excluding hydrogens is 280 g/mol. The first kappa shape index (κ1) is 14.3. The van der Waals surface area contributed by atoms with Gasteiger partial charge in [0.15, 0.2) is 0 Å². The minimum absolute atomic E-state index is 0.0990. The van der Waals surface area contributed by atoms with Crippen molar-refractivity contribution < 1.29 is 13.2 Å². The van der Waals surface area contributed by atoms with E-state index in [-0.39, 0.29) is 18.0 Å². The summed E-state index contributed by atoms with van der Waals surface area (Å²) in [6.45, 7) is 5.56. The number of hydrogen-bond donors (Lipinski definition) is 1. The highest BCUT2D eigenvalue weighted by Gasteiger charge is 2.29. The van der Waals surface area contributed by atoms with Crippen LogP contribution in [0.5, 0.6) is 5.75 Å². The van der Waals surface area contributed by atoms with Gasteiger partial charge in [0.25, 0.3) is 0 Å². The van der Waals surface area contributed by atoms with Crippen molar-refractivity contribution in [3.8, 4) is 5.75 Å². The molecule has 8 heteroatoms. The molecule has 0 atom stereocenters. The molecule has 0 unspecified atom stereocenters. The summed E-state index contributed by atoms with van der Waals surface area (Å²) in [5, 5.41) is 0. The number of ether oxygens (including phenoxy) is 1. The van der Waals surface area contributed by atoms with Crippen LogP contribution in [-0.2, 0) is 10.2 Å². The van der Waals surface area contributed by atoms with E-state index in [9.17, 15) is 8.42 Å². The number of rotatable bonds is 2. The number of guanidine groups is 1. The van der Waals surface area contributed by atoms with Crippen LogP contribution in [0.15, 0.2) is 33.1 Å². The predicted octanol–water partition coefficient (Wildman–Crippen LogP) is 1.01. The Morgan fingerprint density at radius 3 is 2.60 bits per heavy atom. The Labute approximate surface area is 118 Å². The lowest BCUT2D eigenvalue weighted by atomic mass is 10.2. The van der Waals surface area contributed by atoms with Crippen molar-refractivity contribution in [3.05, 3.63) is 29.8 Å². The third-order valence-electron chi connectivity index (χ3n) is 2.57. The normalized spacial score (nSPS) is 17.7. The van der Waals surface area contributed by atoms with E-state index in [1.165, 1.54) is 4.90 Å². The van der Waals surface area contributed by atoms with Crippen molar-refractivity contribution in [3.63, 3.8) is 0 Å². The van der Waals surface area contributed by atoms with Crippen molar-refractivity contribution in [2.24, 2.45) is 14.5 Å². The van der Waals surface area contributed by atoms with Crippen LogP contribution in [-0.4, -0.2) is 31.3 Å². The Hall–Kier alpha value is -2.09. The maximum absolute atomic E-state index is 11.5. The lowest BCUT2D eigenvalue weighted by Crippen LogP contribution is -2.50. The summed E-state index contributed by atoms with van der Waals surface area (Å²) in [7, 11) is -3.99. The number of benzene rings is 1. The molecule has 0 saturated heterocycles. The minimum atomic E-state index is -3.99. The van der Waals surface area contributed by atoms with Gasteiger partial charge in [-0.3, -0.25) is 4.90 Å². The maximum Gasteiger partial charge on any atom is 0.370 e. The number of nitrogens with zero attached hydrogens (tertiary/aromatic N) is 3. The minimum Gasteiger partial charge on any atom is -0.425 e. The smallest absolute Gasteiger partial charge is 0.370 e. The molecule has 0 saturated carbocycles. The van der Waals surface area contributed by atoms with E-state index in [0.29, 0.717) is 5.75 Å². The molecule has 7 nitrogen and oxygen atoms in total. The third kappa shape index (κ3) is 3.08. The molecule has 0 aromatic heterocycles. The first-order valence-corrected chi connectivity index (χ1v) is 7.42. The second-order valence-corrected chi connectivity index (χ2v) is 5.91. The molecule has 0 bridgehead atoms. The Morgan fingerprint density at radius 1 is 1.30 bits per heavy atom. The van der Waals surface area contributed by atoms with Crippen molar-refractivity contribution >= 4 is 22.2 Å². The first-order valence-electron chi connectivity index (χ1n) is 6.02. The van der Waals surface area contributed by atoms with Crippen LogP contribution >= 0.6 is 0 Å². The standard InChI is InChI=1S/C12H16N4O3S/c1-8(2)16-11(13)14-20(17,18)15-12(16)19-10-6-4-5-9(3)7-10/h4-8H,1-3H3,(H2,13,14). The fourth-order valence-corrected chi connectivity index (χ4v) is 2.45. The van der Waals surface area contributed by atoms with Gasteiger partial charge < -0.3 is 10.5 Å². The van der Waals surface area contributed by atoms with Crippen LogP contribution in [0, 0.1) is 6.92 Å². The second-order valence-electron chi connectivity index (χ2n) is 4.65. The van der Waals surface area contributed by atoms with Crippen LogP contribution < -0.4 is 10.5 Å². The van der Waals surface area contributed by atoms with E-state index in [4.69, 9.17) is 10.5 Å². The summed E-state index contributed by atoms with van der Waals surface area (Å²) in [6.07, 6.45) is 0. The number of hydrogen-bond acceptors (Lipinski definition) is 5. The van der Waals surface area contributed by atoms with E-state index in [0.717, 1.165) is 5.56 Å². The Morgan fingerprint density at radius 2 is 2.00 bits per heavy atom. The summed E-state index contributed by atoms with van der Waals surface area (Å²) < 4.78 is 35.5. The largest absolute Gasteiger partial charge is 0.425 e. The molecule has 1 heterocycles. The molecule has 0 spiro atoms. The molecule has 1 aliphatic heterocycles. The lowest BCUT2D eigenvalue weighted by Gasteiger charge is -2.29. The van der Waals surface area contributed by atoms with Gasteiger partial charge in [-0.25, -0.2) is 0 Å². The SMILES string of the molecule is Cc1cccc(OC2=NS(=O)(=O)N=C(N)N2C(C)C)c1. The van der Waals surface area contributed by atoms with E-state index in [2.05, 4.69) is 8.80 Å². The van der Waals surface area contributed by atoms with Crippen LogP contribution in [0.25, 0.3) is 0 Å². The van der Waals surface area contributed by atoms with Gasteiger partial charge in [-0.05, 0) is 38.5 Å². The van der Waals surface area contributed by atoms with Gasteiger partial charge in [-0.1, -0.05) is 16.5 Å². The quantitative estimate of drug-likeness (QED) is 0.878. The fourth-order valence-electron chi connectivity index (χ4n) is 1.76. The third-order valence-corrected chi connectivity index (χ3v) is 3.38. The van der Waals surface area contributed by atoms with Crippen LogP contribution in [0.1, 0.15) is 19.4 Å². The van der Waals surface area contributed by atoms with Crippen molar-refractivity contribution in [2.75, 3.05) is 0 Å². The van der Waals surface area contributed by atoms with Crippen LogP contribution in [0.4, 0.5) is 0 Å². The van der Waals surface area contributed by atoms with Gasteiger partial charge in [0.1, 0.15) is 5.75 Å². The highest BCUT2D eigenvalue weighted by atomic mass is 32.2. The second kappa shape index (κ2) is 5.12. The van der Waals surface area contributed by atoms with Crippen LogP contribution in [0.2, 0.25) is 0 Å². The zero-order valence-corrected chi connectivity index (χ0v) is 12.3. The molecular formula is C12H16N4O3S. The molecule has 108 valence electrons. The topological polar surface area (TPSA) is 97.3 Å². The highest BCUT2D eigenvalue weighted by molar-refractivity contribution is 7.89. The molecule has 1 aromatic carbocycles. The molecule has 1 aromatic rings. The Balaban J connectivity index is 2.39. The van der Waals surface area contributed by atoms with Crippen molar-refractivity contribution in [1.29, 1.82) is 0 Å². The maximum atomic E-state index is 11.5. The van der Waals surface area contributed by atoms with E-state index >= 15 is 0 Å². The molecule has 0 fully saturated rings. The summed E-state index contributed by atoms with van der Waals surface area (Å²) >= 11 is 0. The number of amidine groups is 1. The summed E-state index contributed by atoms with van der Waals surface area (Å²) in [5.41, 5.74) is 6.65. The molecule has 20 heavy (non-hydrogen) atoms. The molecule has 1 aliphatic rings. The van der Waals surface area contributed by atoms with Gasteiger partial charge in [-0.2, -0.15) is 8.42 Å².